The highest BCUT2D eigenvalue weighted by Gasteiger charge is 2.34. The summed E-state index contributed by atoms with van der Waals surface area (Å²) >= 11 is 13.1. The maximum atomic E-state index is 14.3. The minimum atomic E-state index is -2.85. The second-order valence-corrected chi connectivity index (χ2v) is 15.2. The fourth-order valence-corrected chi connectivity index (χ4v) is 9.81. The molecule has 5 nitrogen and oxygen atoms in total. The van der Waals surface area contributed by atoms with Crippen molar-refractivity contribution < 1.29 is 19.0 Å². The summed E-state index contributed by atoms with van der Waals surface area (Å²) in [5, 5.41) is 4.14. The third-order valence-corrected chi connectivity index (χ3v) is 12.6. The zero-order valence-corrected chi connectivity index (χ0v) is 29.9. The Kier molecular flexibility index (Phi) is 11.7. The van der Waals surface area contributed by atoms with E-state index in [-0.39, 0.29) is 19.8 Å². The van der Waals surface area contributed by atoms with Crippen LogP contribution in [0.25, 0.3) is 0 Å². The summed E-state index contributed by atoms with van der Waals surface area (Å²) in [6.07, 6.45) is 0. The standard InChI is InChI=1S/C42H36Cl2NO4P/c1-2-47-42(46)40(45-50(33-19-6-3-7-20-33,34-21-8-4-9-22-34)35-23-10-5-11-24-35)36-25-16-28-39(48-29-31-17-12-14-26-37(31)43)41(36)49-30-32-18-13-15-27-38(32)44/h3-28,40H,2,29-30H2,1H3. The number of nitrogens with zero attached hydrogens (tertiary/aromatic N) is 1. The zero-order chi connectivity index (χ0) is 34.8. The van der Waals surface area contributed by atoms with Crippen molar-refractivity contribution in [3.63, 3.8) is 0 Å². The van der Waals surface area contributed by atoms with E-state index in [1.165, 1.54) is 0 Å². The maximum Gasteiger partial charge on any atom is 0.335 e. The van der Waals surface area contributed by atoms with Crippen LogP contribution in [0.15, 0.2) is 162 Å². The molecule has 1 unspecified atom stereocenters. The van der Waals surface area contributed by atoms with E-state index in [0.717, 1.165) is 27.0 Å². The Bertz CT molecular complexity index is 1990. The molecule has 0 aliphatic rings. The second-order valence-electron chi connectivity index (χ2n) is 11.3. The molecule has 252 valence electrons. The van der Waals surface area contributed by atoms with Crippen LogP contribution in [-0.4, -0.2) is 12.6 Å². The van der Waals surface area contributed by atoms with Gasteiger partial charge in [0.1, 0.15) is 13.2 Å². The largest absolute Gasteiger partial charge is 0.485 e. The summed E-state index contributed by atoms with van der Waals surface area (Å²) in [7, 11) is -2.85. The van der Waals surface area contributed by atoms with Crippen LogP contribution >= 0.6 is 30.3 Å². The highest BCUT2D eigenvalue weighted by Crippen LogP contribution is 2.51. The van der Waals surface area contributed by atoms with Crippen molar-refractivity contribution in [1.29, 1.82) is 0 Å². The van der Waals surface area contributed by atoms with E-state index in [1.54, 1.807) is 6.92 Å². The van der Waals surface area contributed by atoms with Crippen molar-refractivity contribution in [2.24, 2.45) is 4.74 Å². The van der Waals surface area contributed by atoms with Crippen LogP contribution < -0.4 is 25.4 Å². The summed E-state index contributed by atoms with van der Waals surface area (Å²) < 4.78 is 24.5. The first kappa shape index (κ1) is 35.0. The number of benzene rings is 6. The normalized spacial score (nSPS) is 11.7. The molecule has 0 aromatic heterocycles. The monoisotopic (exact) mass is 719 g/mol. The van der Waals surface area contributed by atoms with E-state index in [9.17, 15) is 4.79 Å². The number of esters is 1. The third-order valence-electron chi connectivity index (χ3n) is 8.16. The molecule has 0 amide bonds. The highest BCUT2D eigenvalue weighted by atomic mass is 35.5. The Hall–Kier alpha value is -4.80. The molecule has 0 N–H and O–H groups in total. The van der Waals surface area contributed by atoms with Crippen LogP contribution in [0.2, 0.25) is 10.0 Å². The molecule has 0 saturated carbocycles. The van der Waals surface area contributed by atoms with E-state index in [2.05, 4.69) is 36.4 Å². The lowest BCUT2D eigenvalue weighted by Crippen LogP contribution is -2.27. The molecule has 6 rings (SSSR count). The van der Waals surface area contributed by atoms with Gasteiger partial charge in [-0.25, -0.2) is 4.79 Å². The summed E-state index contributed by atoms with van der Waals surface area (Å²) in [4.78, 5) is 14.3. The molecule has 6 aromatic rings. The van der Waals surface area contributed by atoms with Gasteiger partial charge in [-0.2, -0.15) is 0 Å². The van der Waals surface area contributed by atoms with E-state index in [4.69, 9.17) is 42.2 Å². The predicted octanol–water partition coefficient (Wildman–Crippen LogP) is 9.93. The lowest BCUT2D eigenvalue weighted by atomic mass is 10.1. The van der Waals surface area contributed by atoms with E-state index >= 15 is 0 Å². The lowest BCUT2D eigenvalue weighted by Gasteiger charge is -2.29. The molecule has 8 heteroatoms. The van der Waals surface area contributed by atoms with Crippen molar-refractivity contribution in [3.05, 3.63) is 184 Å². The first-order valence-corrected chi connectivity index (χ1v) is 18.8. The molecular formula is C42H36Cl2NO4P. The number of halogens is 2. The minimum absolute atomic E-state index is 0.130. The number of carbonyl (C=O) groups excluding carboxylic acids is 1. The van der Waals surface area contributed by atoms with Gasteiger partial charge in [-0.3, -0.25) is 4.74 Å². The van der Waals surface area contributed by atoms with Crippen LogP contribution in [-0.2, 0) is 22.7 Å². The van der Waals surface area contributed by atoms with Crippen molar-refractivity contribution >= 4 is 52.1 Å². The Morgan fingerprint density at radius 2 is 1.06 bits per heavy atom. The topological polar surface area (TPSA) is 57.1 Å². The zero-order valence-electron chi connectivity index (χ0n) is 27.5. The van der Waals surface area contributed by atoms with E-state index in [1.807, 2.05) is 121 Å². The van der Waals surface area contributed by atoms with Gasteiger partial charge < -0.3 is 14.2 Å². The summed E-state index contributed by atoms with van der Waals surface area (Å²) in [6, 6.07) is 49.9. The fourth-order valence-electron chi connectivity index (χ4n) is 5.76. The van der Waals surface area contributed by atoms with Gasteiger partial charge in [0.25, 0.3) is 0 Å². The van der Waals surface area contributed by atoms with Crippen molar-refractivity contribution in [2.45, 2.75) is 26.2 Å². The molecule has 0 aliphatic heterocycles. The first-order valence-electron chi connectivity index (χ1n) is 16.3. The SMILES string of the molecule is CCOC(=O)C(N=P(c1ccccc1)(c1ccccc1)c1ccccc1)c1cccc(OCc2ccccc2Cl)c1OCc1ccccc1Cl. The van der Waals surface area contributed by atoms with Crippen LogP contribution in [0, 0.1) is 0 Å². The molecule has 0 saturated heterocycles. The van der Waals surface area contributed by atoms with Gasteiger partial charge in [0.2, 0.25) is 0 Å². The van der Waals surface area contributed by atoms with Crippen LogP contribution in [0.4, 0.5) is 0 Å². The Balaban J connectivity index is 1.60. The summed E-state index contributed by atoms with van der Waals surface area (Å²) in [6.45, 7) is 2.28. The summed E-state index contributed by atoms with van der Waals surface area (Å²) in [5.41, 5.74) is 2.11. The van der Waals surface area contributed by atoms with Crippen LogP contribution in [0.5, 0.6) is 11.5 Å². The molecule has 0 fully saturated rings. The fraction of sp³-hybridized carbons (Fsp3) is 0.119. The van der Waals surface area contributed by atoms with Crippen LogP contribution in [0.1, 0.15) is 29.7 Å². The number of carbonyl (C=O) groups is 1. The molecule has 0 radical (unpaired) electrons. The smallest absolute Gasteiger partial charge is 0.335 e. The molecule has 1 atom stereocenters. The highest BCUT2D eigenvalue weighted by molar-refractivity contribution is 7.87. The molecule has 6 aromatic carbocycles. The van der Waals surface area contributed by atoms with Gasteiger partial charge >= 0.3 is 5.97 Å². The number of hydrogen-bond acceptors (Lipinski definition) is 5. The molecular weight excluding hydrogens is 684 g/mol. The number of hydrogen-bond donors (Lipinski definition) is 0. The molecule has 0 aliphatic carbocycles. The van der Waals surface area contributed by atoms with Gasteiger partial charge in [0.15, 0.2) is 17.5 Å². The molecule has 0 heterocycles. The maximum absolute atomic E-state index is 14.3. The summed E-state index contributed by atoms with van der Waals surface area (Å²) in [5.74, 6) is 0.307. The number of ether oxygens (including phenoxy) is 3. The van der Waals surface area contributed by atoms with Gasteiger partial charge in [-0.15, -0.1) is 0 Å². The minimum Gasteiger partial charge on any atom is -0.485 e. The second kappa shape index (κ2) is 16.7. The van der Waals surface area contributed by atoms with Gasteiger partial charge in [-0.1, -0.05) is 163 Å². The third kappa shape index (κ3) is 7.82. The number of para-hydroxylation sites is 1. The Morgan fingerprint density at radius 3 is 1.54 bits per heavy atom. The van der Waals surface area contributed by atoms with Crippen molar-refractivity contribution in [3.8, 4) is 11.5 Å². The average molecular weight is 721 g/mol. The Labute approximate surface area is 303 Å². The Morgan fingerprint density at radius 1 is 0.600 bits per heavy atom. The van der Waals surface area contributed by atoms with Crippen LogP contribution in [0.3, 0.4) is 0 Å². The van der Waals surface area contributed by atoms with Gasteiger partial charge in [0.05, 0.1) is 13.7 Å². The predicted molar refractivity (Wildman–Crippen MR) is 205 cm³/mol. The van der Waals surface area contributed by atoms with E-state index in [0.29, 0.717) is 27.1 Å². The van der Waals surface area contributed by atoms with Gasteiger partial charge in [-0.05, 0) is 25.1 Å². The average Bonchev–Trinajstić information content (AvgIpc) is 3.16. The molecule has 0 spiro atoms. The lowest BCUT2D eigenvalue weighted by molar-refractivity contribution is -0.144. The van der Waals surface area contributed by atoms with E-state index < -0.39 is 19.1 Å². The first-order chi connectivity index (χ1) is 24.5. The van der Waals surface area contributed by atoms with Gasteiger partial charge in [0, 0.05) is 42.6 Å². The van der Waals surface area contributed by atoms with Crippen molar-refractivity contribution in [2.75, 3.05) is 6.61 Å². The number of rotatable bonds is 13. The quantitative estimate of drug-likeness (QED) is 0.0881. The molecule has 0 bridgehead atoms. The molecule has 50 heavy (non-hydrogen) atoms. The van der Waals surface area contributed by atoms with Crippen molar-refractivity contribution in [1.82, 2.24) is 0 Å².